The van der Waals surface area contributed by atoms with Crippen LogP contribution in [0.15, 0.2) is 0 Å². The molecule has 0 aromatic carbocycles. The zero-order valence-electron chi connectivity index (χ0n) is 14.3. The van der Waals surface area contributed by atoms with Crippen molar-refractivity contribution < 1.29 is 9.90 Å². The summed E-state index contributed by atoms with van der Waals surface area (Å²) in [5, 5.41) is 16.3. The van der Waals surface area contributed by atoms with Gasteiger partial charge in [0.1, 0.15) is 0 Å². The summed E-state index contributed by atoms with van der Waals surface area (Å²) in [6.07, 6.45) is 11.5. The second kappa shape index (κ2) is 8.34. The van der Waals surface area contributed by atoms with Gasteiger partial charge in [0.25, 0.3) is 0 Å². The molecule has 5 heteroatoms. The van der Waals surface area contributed by atoms with Gasteiger partial charge in [0.15, 0.2) is 0 Å². The Bertz CT molecular complexity index is 378. The lowest BCUT2D eigenvalue weighted by atomic mass is 9.83. The van der Waals surface area contributed by atoms with Crippen molar-refractivity contribution >= 4 is 6.03 Å². The molecule has 2 amide bonds. The first-order valence-corrected chi connectivity index (χ1v) is 9.69. The zero-order valence-corrected chi connectivity index (χ0v) is 14.3. The molecule has 2 atom stereocenters. The number of rotatable bonds is 5. The third-order valence-electron chi connectivity index (χ3n) is 6.09. The maximum absolute atomic E-state index is 12.0. The Balaban J connectivity index is 1.31. The minimum atomic E-state index is -0.150. The van der Waals surface area contributed by atoms with Crippen LogP contribution in [0.3, 0.4) is 0 Å². The number of hydrogen-bond acceptors (Lipinski definition) is 3. The Morgan fingerprint density at radius 2 is 1.74 bits per heavy atom. The number of piperidine rings is 1. The fraction of sp³-hybridized carbons (Fsp3) is 0.944. The summed E-state index contributed by atoms with van der Waals surface area (Å²) >= 11 is 0. The van der Waals surface area contributed by atoms with Crippen molar-refractivity contribution in [2.24, 2.45) is 5.92 Å². The Kier molecular flexibility index (Phi) is 6.17. The van der Waals surface area contributed by atoms with Crippen LogP contribution in [0.2, 0.25) is 0 Å². The molecule has 2 aliphatic carbocycles. The van der Waals surface area contributed by atoms with Gasteiger partial charge in [-0.05, 0) is 38.0 Å². The van der Waals surface area contributed by atoms with Crippen molar-refractivity contribution in [1.82, 2.24) is 15.5 Å². The topological polar surface area (TPSA) is 64.6 Å². The number of carbonyl (C=O) groups is 1. The maximum atomic E-state index is 12.0. The molecule has 2 saturated carbocycles. The number of amides is 2. The fourth-order valence-electron chi connectivity index (χ4n) is 4.30. The van der Waals surface area contributed by atoms with E-state index < -0.39 is 0 Å². The quantitative estimate of drug-likeness (QED) is 0.727. The molecule has 1 saturated heterocycles. The molecule has 0 aromatic rings. The zero-order chi connectivity index (χ0) is 16.1. The number of likely N-dealkylation sites (tertiary alicyclic amines) is 1. The SMILES string of the molecule is O=C(NCCC1CCC1)NC1CCN(C2CCCCC2O)CC1. The van der Waals surface area contributed by atoms with Gasteiger partial charge < -0.3 is 15.7 Å². The highest BCUT2D eigenvalue weighted by Crippen LogP contribution is 2.28. The van der Waals surface area contributed by atoms with Crippen LogP contribution in [0.5, 0.6) is 0 Å². The summed E-state index contributed by atoms with van der Waals surface area (Å²) in [5.41, 5.74) is 0. The molecule has 23 heavy (non-hydrogen) atoms. The van der Waals surface area contributed by atoms with Gasteiger partial charge in [-0.25, -0.2) is 4.79 Å². The van der Waals surface area contributed by atoms with Crippen LogP contribution >= 0.6 is 0 Å². The van der Waals surface area contributed by atoms with Gasteiger partial charge in [0, 0.05) is 31.7 Å². The fourth-order valence-corrected chi connectivity index (χ4v) is 4.30. The molecule has 2 unspecified atom stereocenters. The highest BCUT2D eigenvalue weighted by Gasteiger charge is 2.31. The van der Waals surface area contributed by atoms with E-state index in [4.69, 9.17) is 0 Å². The van der Waals surface area contributed by atoms with Crippen LogP contribution < -0.4 is 10.6 Å². The van der Waals surface area contributed by atoms with E-state index in [2.05, 4.69) is 15.5 Å². The largest absolute Gasteiger partial charge is 0.391 e. The van der Waals surface area contributed by atoms with E-state index in [9.17, 15) is 9.90 Å². The summed E-state index contributed by atoms with van der Waals surface area (Å²) in [7, 11) is 0. The van der Waals surface area contributed by atoms with Gasteiger partial charge in [0.05, 0.1) is 6.10 Å². The molecule has 0 aromatic heterocycles. The van der Waals surface area contributed by atoms with E-state index in [0.29, 0.717) is 6.04 Å². The molecule has 3 aliphatic rings. The minimum absolute atomic E-state index is 0.000439. The van der Waals surface area contributed by atoms with E-state index in [-0.39, 0.29) is 18.2 Å². The third-order valence-corrected chi connectivity index (χ3v) is 6.09. The van der Waals surface area contributed by atoms with E-state index in [1.807, 2.05) is 0 Å². The normalized spacial score (nSPS) is 30.7. The second-order valence-electron chi connectivity index (χ2n) is 7.72. The molecule has 3 N–H and O–H groups in total. The summed E-state index contributed by atoms with van der Waals surface area (Å²) in [4.78, 5) is 14.4. The van der Waals surface area contributed by atoms with Crippen molar-refractivity contribution in [3.63, 3.8) is 0 Å². The molecular formula is C18H33N3O2. The number of carbonyl (C=O) groups excluding carboxylic acids is 1. The van der Waals surface area contributed by atoms with E-state index in [1.54, 1.807) is 0 Å². The summed E-state index contributed by atoms with van der Waals surface area (Å²) in [6.45, 7) is 2.80. The van der Waals surface area contributed by atoms with Crippen LogP contribution in [-0.4, -0.2) is 53.9 Å². The minimum Gasteiger partial charge on any atom is -0.391 e. The first-order chi connectivity index (χ1) is 11.2. The van der Waals surface area contributed by atoms with Gasteiger partial charge in [0.2, 0.25) is 0 Å². The van der Waals surface area contributed by atoms with Crippen LogP contribution in [0.25, 0.3) is 0 Å². The van der Waals surface area contributed by atoms with E-state index in [1.165, 1.54) is 25.7 Å². The Morgan fingerprint density at radius 3 is 2.39 bits per heavy atom. The average molecular weight is 323 g/mol. The Hall–Kier alpha value is -0.810. The van der Waals surface area contributed by atoms with Crippen molar-refractivity contribution in [1.29, 1.82) is 0 Å². The Labute approximate surface area is 140 Å². The van der Waals surface area contributed by atoms with Crippen LogP contribution in [0, 0.1) is 5.92 Å². The molecule has 0 radical (unpaired) electrons. The van der Waals surface area contributed by atoms with Gasteiger partial charge in [-0.1, -0.05) is 32.1 Å². The first-order valence-electron chi connectivity index (χ1n) is 9.69. The monoisotopic (exact) mass is 323 g/mol. The highest BCUT2D eigenvalue weighted by atomic mass is 16.3. The lowest BCUT2D eigenvalue weighted by Crippen LogP contribution is -2.53. The van der Waals surface area contributed by atoms with Crippen LogP contribution in [0.1, 0.15) is 64.2 Å². The van der Waals surface area contributed by atoms with E-state index in [0.717, 1.165) is 64.1 Å². The van der Waals surface area contributed by atoms with Crippen molar-refractivity contribution in [3.05, 3.63) is 0 Å². The summed E-state index contributed by atoms with van der Waals surface area (Å²) in [6, 6.07) is 0.636. The predicted octanol–water partition coefficient (Wildman–Crippen LogP) is 2.24. The Morgan fingerprint density at radius 1 is 1.00 bits per heavy atom. The number of hydrogen-bond donors (Lipinski definition) is 3. The molecule has 132 valence electrons. The molecule has 1 heterocycles. The maximum Gasteiger partial charge on any atom is 0.315 e. The van der Waals surface area contributed by atoms with Crippen LogP contribution in [0.4, 0.5) is 4.79 Å². The number of nitrogens with one attached hydrogen (secondary N) is 2. The first kappa shape index (κ1) is 17.0. The van der Waals surface area contributed by atoms with Crippen LogP contribution in [-0.2, 0) is 0 Å². The molecule has 5 nitrogen and oxygen atoms in total. The number of aliphatic hydroxyl groups is 1. The molecule has 0 spiro atoms. The molecule has 3 rings (SSSR count). The smallest absolute Gasteiger partial charge is 0.315 e. The van der Waals surface area contributed by atoms with Gasteiger partial charge >= 0.3 is 6.03 Å². The average Bonchev–Trinajstić information content (AvgIpc) is 2.51. The van der Waals surface area contributed by atoms with E-state index >= 15 is 0 Å². The lowest BCUT2D eigenvalue weighted by Gasteiger charge is -2.41. The highest BCUT2D eigenvalue weighted by molar-refractivity contribution is 5.74. The number of urea groups is 1. The number of nitrogens with zero attached hydrogens (tertiary/aromatic N) is 1. The molecule has 0 bridgehead atoms. The third kappa shape index (κ3) is 4.83. The number of aliphatic hydroxyl groups excluding tert-OH is 1. The molecular weight excluding hydrogens is 290 g/mol. The predicted molar refractivity (Wildman–Crippen MR) is 91.4 cm³/mol. The molecule has 3 fully saturated rings. The summed E-state index contributed by atoms with van der Waals surface area (Å²) < 4.78 is 0. The van der Waals surface area contributed by atoms with Crippen molar-refractivity contribution in [3.8, 4) is 0 Å². The van der Waals surface area contributed by atoms with Crippen molar-refractivity contribution in [2.45, 2.75) is 82.4 Å². The van der Waals surface area contributed by atoms with Crippen molar-refractivity contribution in [2.75, 3.05) is 19.6 Å². The van der Waals surface area contributed by atoms with Gasteiger partial charge in [-0.3, -0.25) is 4.90 Å². The molecule has 1 aliphatic heterocycles. The standard InChI is InChI=1S/C18H33N3O2/c22-17-7-2-1-6-16(17)21-12-9-15(10-13-21)20-18(23)19-11-8-14-4-3-5-14/h14-17,22H,1-13H2,(H2,19,20,23). The van der Waals surface area contributed by atoms with Gasteiger partial charge in [-0.15, -0.1) is 0 Å². The second-order valence-corrected chi connectivity index (χ2v) is 7.72. The summed E-state index contributed by atoms with van der Waals surface area (Å²) in [5.74, 6) is 0.848. The lowest BCUT2D eigenvalue weighted by molar-refractivity contribution is 0.00777. The van der Waals surface area contributed by atoms with Gasteiger partial charge in [-0.2, -0.15) is 0 Å².